The van der Waals surface area contributed by atoms with E-state index >= 15 is 0 Å². The quantitative estimate of drug-likeness (QED) is 0.614. The molecule has 1 aromatic carbocycles. The van der Waals surface area contributed by atoms with Crippen molar-refractivity contribution in [1.29, 1.82) is 0 Å². The van der Waals surface area contributed by atoms with Gasteiger partial charge in [-0.15, -0.1) is 0 Å². The molecule has 12 heavy (non-hydrogen) atoms. The molecule has 66 valence electrons. The monoisotopic (exact) mass is 168 g/mol. The van der Waals surface area contributed by atoms with Crippen LogP contribution in [0.25, 0.3) is 0 Å². The molecule has 0 unspecified atom stereocenters. The van der Waals surface area contributed by atoms with Crippen molar-refractivity contribution in [2.24, 2.45) is 0 Å². The second-order valence-corrected chi connectivity index (χ2v) is 2.62. The molecule has 0 aliphatic rings. The Kier molecular flexibility index (Phi) is 3.08. The third-order valence-corrected chi connectivity index (χ3v) is 1.82. The second-order valence-electron chi connectivity index (χ2n) is 2.62. The standard InChI is InChI=1S/C9H12O3/c10-5-7(6-11)8-3-1-2-4-9(8)12/h1-4,7,10-12H,5-6H2. The molecule has 0 fully saturated rings. The fraction of sp³-hybridized carbons (Fsp3) is 0.333. The fourth-order valence-corrected chi connectivity index (χ4v) is 1.09. The summed E-state index contributed by atoms with van der Waals surface area (Å²) in [6, 6.07) is 6.68. The Hall–Kier alpha value is -1.06. The van der Waals surface area contributed by atoms with E-state index in [1.54, 1.807) is 18.2 Å². The number of aromatic hydroxyl groups is 1. The zero-order valence-electron chi connectivity index (χ0n) is 6.64. The zero-order chi connectivity index (χ0) is 8.97. The Morgan fingerprint density at radius 3 is 2.17 bits per heavy atom. The maximum Gasteiger partial charge on any atom is 0.119 e. The minimum Gasteiger partial charge on any atom is -0.508 e. The summed E-state index contributed by atoms with van der Waals surface area (Å²) in [4.78, 5) is 0. The summed E-state index contributed by atoms with van der Waals surface area (Å²) in [6.45, 7) is -0.317. The van der Waals surface area contributed by atoms with Gasteiger partial charge in [0.25, 0.3) is 0 Å². The SMILES string of the molecule is OCC(CO)c1ccccc1O. The fourth-order valence-electron chi connectivity index (χ4n) is 1.09. The lowest BCUT2D eigenvalue weighted by Gasteiger charge is -2.12. The predicted octanol–water partition coefficient (Wildman–Crippen LogP) is 0.460. The van der Waals surface area contributed by atoms with Crippen LogP contribution < -0.4 is 0 Å². The lowest BCUT2D eigenvalue weighted by atomic mass is 10.0. The van der Waals surface area contributed by atoms with E-state index in [4.69, 9.17) is 10.2 Å². The maximum absolute atomic E-state index is 9.32. The number of phenolic OH excluding ortho intramolecular Hbond substituents is 1. The van der Waals surface area contributed by atoms with E-state index in [0.29, 0.717) is 5.56 Å². The Labute approximate surface area is 70.9 Å². The highest BCUT2D eigenvalue weighted by Gasteiger charge is 2.11. The number of hydrogen-bond donors (Lipinski definition) is 3. The largest absolute Gasteiger partial charge is 0.508 e. The molecule has 1 aromatic rings. The third kappa shape index (κ3) is 1.75. The summed E-state index contributed by atoms with van der Waals surface area (Å²) < 4.78 is 0. The average molecular weight is 168 g/mol. The third-order valence-electron chi connectivity index (χ3n) is 1.82. The van der Waals surface area contributed by atoms with Gasteiger partial charge in [-0.2, -0.15) is 0 Å². The molecule has 0 heterocycles. The number of aliphatic hydroxyl groups excluding tert-OH is 2. The van der Waals surface area contributed by atoms with E-state index in [9.17, 15) is 5.11 Å². The Bertz CT molecular complexity index is 243. The Morgan fingerprint density at radius 1 is 1.08 bits per heavy atom. The molecular formula is C9H12O3. The van der Waals surface area contributed by atoms with Gasteiger partial charge in [-0.25, -0.2) is 0 Å². The van der Waals surface area contributed by atoms with Gasteiger partial charge < -0.3 is 15.3 Å². The molecule has 0 saturated carbocycles. The van der Waals surface area contributed by atoms with E-state index in [-0.39, 0.29) is 24.9 Å². The molecule has 0 aliphatic heterocycles. The van der Waals surface area contributed by atoms with Crippen molar-refractivity contribution < 1.29 is 15.3 Å². The maximum atomic E-state index is 9.32. The molecular weight excluding hydrogens is 156 g/mol. The molecule has 0 aromatic heterocycles. The lowest BCUT2D eigenvalue weighted by Crippen LogP contribution is -2.08. The minimum absolute atomic E-state index is 0.116. The second kappa shape index (κ2) is 4.09. The van der Waals surface area contributed by atoms with E-state index in [1.807, 2.05) is 0 Å². The Balaban J connectivity index is 2.92. The van der Waals surface area contributed by atoms with Gasteiger partial charge in [-0.3, -0.25) is 0 Å². The van der Waals surface area contributed by atoms with Gasteiger partial charge in [0, 0.05) is 11.5 Å². The molecule has 0 atom stereocenters. The van der Waals surface area contributed by atoms with E-state index in [0.717, 1.165) is 0 Å². The van der Waals surface area contributed by atoms with Crippen LogP contribution in [0.4, 0.5) is 0 Å². The van der Waals surface area contributed by atoms with Gasteiger partial charge in [0.1, 0.15) is 5.75 Å². The summed E-state index contributed by atoms with van der Waals surface area (Å²) in [5, 5.41) is 27.0. The molecule has 3 nitrogen and oxygen atoms in total. The Morgan fingerprint density at radius 2 is 1.67 bits per heavy atom. The number of rotatable bonds is 3. The van der Waals surface area contributed by atoms with Gasteiger partial charge in [0.15, 0.2) is 0 Å². The van der Waals surface area contributed by atoms with Crippen LogP contribution in [0.1, 0.15) is 11.5 Å². The summed E-state index contributed by atoms with van der Waals surface area (Å²) in [6.07, 6.45) is 0. The van der Waals surface area contributed by atoms with Crippen molar-refractivity contribution in [2.75, 3.05) is 13.2 Å². The molecule has 1 rings (SSSR count). The first-order valence-corrected chi connectivity index (χ1v) is 3.79. The molecule has 0 spiro atoms. The van der Waals surface area contributed by atoms with Gasteiger partial charge >= 0.3 is 0 Å². The highest BCUT2D eigenvalue weighted by molar-refractivity contribution is 5.34. The lowest BCUT2D eigenvalue weighted by molar-refractivity contribution is 0.190. The van der Waals surface area contributed by atoms with Crippen molar-refractivity contribution in [2.45, 2.75) is 5.92 Å². The molecule has 0 radical (unpaired) electrons. The first kappa shape index (κ1) is 9.03. The van der Waals surface area contributed by atoms with Crippen LogP contribution in [0.15, 0.2) is 24.3 Å². The van der Waals surface area contributed by atoms with Crippen molar-refractivity contribution in [1.82, 2.24) is 0 Å². The number of hydrogen-bond acceptors (Lipinski definition) is 3. The van der Waals surface area contributed by atoms with Crippen LogP contribution in [0.2, 0.25) is 0 Å². The minimum atomic E-state index is -0.383. The summed E-state index contributed by atoms with van der Waals surface area (Å²) >= 11 is 0. The topological polar surface area (TPSA) is 60.7 Å². The van der Waals surface area contributed by atoms with Crippen LogP contribution >= 0.6 is 0 Å². The highest BCUT2D eigenvalue weighted by Crippen LogP contribution is 2.24. The van der Waals surface area contributed by atoms with Crippen molar-refractivity contribution >= 4 is 0 Å². The van der Waals surface area contributed by atoms with Crippen LogP contribution in [-0.4, -0.2) is 28.5 Å². The van der Waals surface area contributed by atoms with Gasteiger partial charge in [0.2, 0.25) is 0 Å². The molecule has 3 N–H and O–H groups in total. The van der Waals surface area contributed by atoms with Crippen molar-refractivity contribution in [3.8, 4) is 5.75 Å². The molecule has 0 saturated heterocycles. The van der Waals surface area contributed by atoms with Crippen LogP contribution in [0.5, 0.6) is 5.75 Å². The van der Waals surface area contributed by atoms with Gasteiger partial charge in [0.05, 0.1) is 13.2 Å². The van der Waals surface area contributed by atoms with Crippen LogP contribution in [0, 0.1) is 0 Å². The van der Waals surface area contributed by atoms with Gasteiger partial charge in [-0.05, 0) is 6.07 Å². The number of aliphatic hydroxyl groups is 2. The summed E-state index contributed by atoms with van der Waals surface area (Å²) in [7, 11) is 0. The summed E-state index contributed by atoms with van der Waals surface area (Å²) in [5.74, 6) is -0.267. The van der Waals surface area contributed by atoms with Crippen LogP contribution in [0.3, 0.4) is 0 Å². The molecule has 0 bridgehead atoms. The molecule has 3 heteroatoms. The van der Waals surface area contributed by atoms with Gasteiger partial charge in [-0.1, -0.05) is 18.2 Å². The van der Waals surface area contributed by atoms with Crippen molar-refractivity contribution in [3.05, 3.63) is 29.8 Å². The normalized spacial score (nSPS) is 10.6. The molecule has 0 aliphatic carbocycles. The number of benzene rings is 1. The van der Waals surface area contributed by atoms with Crippen molar-refractivity contribution in [3.63, 3.8) is 0 Å². The average Bonchev–Trinajstić information content (AvgIpc) is 2.10. The first-order valence-electron chi connectivity index (χ1n) is 3.79. The van der Waals surface area contributed by atoms with Crippen LogP contribution in [-0.2, 0) is 0 Å². The zero-order valence-corrected chi connectivity index (χ0v) is 6.64. The highest BCUT2D eigenvalue weighted by atomic mass is 16.3. The summed E-state index contributed by atoms with van der Waals surface area (Å²) in [5.41, 5.74) is 0.586. The number of phenols is 1. The van der Waals surface area contributed by atoms with E-state index in [1.165, 1.54) is 6.07 Å². The number of para-hydroxylation sites is 1. The smallest absolute Gasteiger partial charge is 0.119 e. The van der Waals surface area contributed by atoms with E-state index in [2.05, 4.69) is 0 Å². The predicted molar refractivity (Wildman–Crippen MR) is 45.0 cm³/mol. The van der Waals surface area contributed by atoms with E-state index < -0.39 is 0 Å². The first-order chi connectivity index (χ1) is 5.79. The molecule has 0 amide bonds.